The van der Waals surface area contributed by atoms with Gasteiger partial charge >= 0.3 is 0 Å². The van der Waals surface area contributed by atoms with E-state index >= 15 is 0 Å². The predicted octanol–water partition coefficient (Wildman–Crippen LogP) is 3.23. The molecule has 1 aromatic carbocycles. The molecule has 0 radical (unpaired) electrons. The third-order valence-corrected chi connectivity index (χ3v) is 6.10. The van der Waals surface area contributed by atoms with Crippen molar-refractivity contribution in [1.29, 1.82) is 0 Å². The minimum Gasteiger partial charge on any atom is -0.357 e. The number of likely N-dealkylation sites (N-methyl/N-ethyl adjacent to an activating group) is 1. The van der Waals surface area contributed by atoms with Crippen molar-refractivity contribution in [3.05, 3.63) is 82.3 Å². The first-order chi connectivity index (χ1) is 13.7. The van der Waals surface area contributed by atoms with E-state index in [0.29, 0.717) is 19.4 Å². The molecule has 0 spiro atoms. The molecule has 2 aromatic heterocycles. The fourth-order valence-corrected chi connectivity index (χ4v) is 4.59. The molecule has 0 unspecified atom stereocenters. The van der Waals surface area contributed by atoms with Crippen LogP contribution in [0.2, 0.25) is 0 Å². The van der Waals surface area contributed by atoms with E-state index < -0.39 is 6.04 Å². The molecule has 1 aliphatic heterocycles. The Morgan fingerprint density at radius 2 is 1.89 bits per heavy atom. The number of fused-ring (bicyclic) bond motifs is 1. The van der Waals surface area contributed by atoms with Crippen LogP contribution < -0.4 is 5.32 Å². The van der Waals surface area contributed by atoms with Gasteiger partial charge in [0.1, 0.15) is 6.04 Å². The van der Waals surface area contributed by atoms with Gasteiger partial charge in [0.15, 0.2) is 0 Å². The standard InChI is InChI=1S/C22H23N3O2S/c1-23-22(27)20-12-16-6-2-3-7-17(16)14-25(20)21(26)13-19(18-8-11-28-15-18)24-9-4-5-10-24/h2-11,15,19-20H,12-14H2,1H3,(H,23,27)/t19-,20+/m1/s1. The van der Waals surface area contributed by atoms with Crippen molar-refractivity contribution in [2.24, 2.45) is 0 Å². The summed E-state index contributed by atoms with van der Waals surface area (Å²) in [5.74, 6) is -0.121. The van der Waals surface area contributed by atoms with E-state index in [1.807, 2.05) is 54.2 Å². The van der Waals surface area contributed by atoms with E-state index in [2.05, 4.69) is 21.3 Å². The van der Waals surface area contributed by atoms with E-state index in [1.165, 1.54) is 0 Å². The molecule has 2 atom stereocenters. The molecular formula is C22H23N3O2S. The van der Waals surface area contributed by atoms with Crippen molar-refractivity contribution in [1.82, 2.24) is 14.8 Å². The quantitative estimate of drug-likeness (QED) is 0.724. The van der Waals surface area contributed by atoms with Crippen LogP contribution in [0.4, 0.5) is 0 Å². The molecule has 144 valence electrons. The van der Waals surface area contributed by atoms with E-state index in [9.17, 15) is 9.59 Å². The smallest absolute Gasteiger partial charge is 0.242 e. The summed E-state index contributed by atoms with van der Waals surface area (Å²) in [5.41, 5.74) is 3.37. The van der Waals surface area contributed by atoms with Crippen molar-refractivity contribution in [2.45, 2.75) is 31.5 Å². The molecule has 1 N–H and O–H groups in total. The van der Waals surface area contributed by atoms with Crippen LogP contribution in [0.1, 0.15) is 29.2 Å². The monoisotopic (exact) mass is 393 g/mol. The number of amides is 2. The van der Waals surface area contributed by atoms with Gasteiger partial charge in [0.05, 0.1) is 12.5 Å². The summed E-state index contributed by atoms with van der Waals surface area (Å²) in [5, 5.41) is 6.83. The Kier molecular flexibility index (Phi) is 5.30. The number of rotatable bonds is 5. The molecule has 0 bridgehead atoms. The van der Waals surface area contributed by atoms with Crippen molar-refractivity contribution in [3.8, 4) is 0 Å². The molecule has 2 amide bonds. The second kappa shape index (κ2) is 8.02. The molecule has 0 saturated carbocycles. The summed E-state index contributed by atoms with van der Waals surface area (Å²) in [6.45, 7) is 0.467. The van der Waals surface area contributed by atoms with Gasteiger partial charge in [-0.1, -0.05) is 24.3 Å². The third-order valence-electron chi connectivity index (χ3n) is 5.40. The van der Waals surface area contributed by atoms with Gasteiger partial charge in [0.2, 0.25) is 11.8 Å². The van der Waals surface area contributed by atoms with Crippen molar-refractivity contribution in [2.75, 3.05) is 7.05 Å². The molecular weight excluding hydrogens is 370 g/mol. The number of aromatic nitrogens is 1. The van der Waals surface area contributed by atoms with Crippen molar-refractivity contribution in [3.63, 3.8) is 0 Å². The average Bonchev–Trinajstić information content (AvgIpc) is 3.44. The number of benzene rings is 1. The van der Waals surface area contributed by atoms with Gasteiger partial charge in [-0.25, -0.2) is 0 Å². The van der Waals surface area contributed by atoms with E-state index in [0.717, 1.165) is 16.7 Å². The number of carbonyl (C=O) groups excluding carboxylic acids is 2. The van der Waals surface area contributed by atoms with E-state index in [1.54, 1.807) is 23.3 Å². The van der Waals surface area contributed by atoms with E-state index in [-0.39, 0.29) is 17.9 Å². The van der Waals surface area contributed by atoms with Crippen molar-refractivity contribution < 1.29 is 9.59 Å². The Hall–Kier alpha value is -2.86. The normalized spacial score (nSPS) is 17.0. The van der Waals surface area contributed by atoms with E-state index in [4.69, 9.17) is 0 Å². The average molecular weight is 394 g/mol. The predicted molar refractivity (Wildman–Crippen MR) is 110 cm³/mol. The highest BCUT2D eigenvalue weighted by atomic mass is 32.1. The van der Waals surface area contributed by atoms with Gasteiger partial charge in [0.25, 0.3) is 0 Å². The van der Waals surface area contributed by atoms with Gasteiger partial charge < -0.3 is 14.8 Å². The molecule has 1 aliphatic rings. The lowest BCUT2D eigenvalue weighted by atomic mass is 9.92. The summed E-state index contributed by atoms with van der Waals surface area (Å²) in [6, 6.07) is 13.5. The Morgan fingerprint density at radius 3 is 2.57 bits per heavy atom. The third kappa shape index (κ3) is 3.60. The number of thiophene rings is 1. The Morgan fingerprint density at radius 1 is 1.14 bits per heavy atom. The van der Waals surface area contributed by atoms with Crippen molar-refractivity contribution >= 4 is 23.2 Å². The zero-order valence-electron chi connectivity index (χ0n) is 15.7. The molecule has 4 rings (SSSR count). The summed E-state index contributed by atoms with van der Waals surface area (Å²) in [6.07, 6.45) is 4.84. The zero-order valence-corrected chi connectivity index (χ0v) is 16.6. The number of carbonyl (C=O) groups is 2. The number of hydrogen-bond donors (Lipinski definition) is 1. The van der Waals surface area contributed by atoms with Crippen LogP contribution in [0.15, 0.2) is 65.6 Å². The van der Waals surface area contributed by atoms with Gasteiger partial charge in [-0.15, -0.1) is 0 Å². The first-order valence-corrected chi connectivity index (χ1v) is 10.3. The summed E-state index contributed by atoms with van der Waals surface area (Å²) in [7, 11) is 1.62. The minimum atomic E-state index is -0.472. The Bertz CT molecular complexity index is 916. The Labute approximate surface area is 168 Å². The Balaban J connectivity index is 1.62. The highest BCUT2D eigenvalue weighted by Gasteiger charge is 2.35. The molecule has 0 saturated heterocycles. The largest absolute Gasteiger partial charge is 0.357 e. The van der Waals surface area contributed by atoms with Crippen LogP contribution in [0.5, 0.6) is 0 Å². The molecule has 0 aliphatic carbocycles. The number of nitrogens with zero attached hydrogens (tertiary/aromatic N) is 2. The summed E-state index contributed by atoms with van der Waals surface area (Å²) in [4.78, 5) is 27.6. The number of nitrogens with one attached hydrogen (secondary N) is 1. The molecule has 3 aromatic rings. The van der Waals surface area contributed by atoms with Gasteiger partial charge in [-0.2, -0.15) is 11.3 Å². The summed E-state index contributed by atoms with van der Waals surface area (Å²) < 4.78 is 2.06. The molecule has 6 heteroatoms. The minimum absolute atomic E-state index is 0.00648. The van der Waals surface area contributed by atoms with Crippen LogP contribution in [-0.4, -0.2) is 34.4 Å². The highest BCUT2D eigenvalue weighted by molar-refractivity contribution is 7.08. The molecule has 0 fully saturated rings. The topological polar surface area (TPSA) is 54.3 Å². The second-order valence-corrected chi connectivity index (χ2v) is 7.81. The maximum atomic E-state index is 13.4. The van der Waals surface area contributed by atoms with Gasteiger partial charge in [-0.3, -0.25) is 9.59 Å². The summed E-state index contributed by atoms with van der Waals surface area (Å²) >= 11 is 1.63. The molecule has 3 heterocycles. The first-order valence-electron chi connectivity index (χ1n) is 9.39. The molecule has 5 nitrogen and oxygen atoms in total. The lowest BCUT2D eigenvalue weighted by molar-refractivity contribution is -0.142. The first kappa shape index (κ1) is 18.5. The fraction of sp³-hybridized carbons (Fsp3) is 0.273. The van der Waals surface area contributed by atoms with Crippen LogP contribution >= 0.6 is 11.3 Å². The maximum Gasteiger partial charge on any atom is 0.242 e. The lowest BCUT2D eigenvalue weighted by Crippen LogP contribution is -2.52. The number of hydrogen-bond acceptors (Lipinski definition) is 3. The van der Waals surface area contributed by atoms with Crippen LogP contribution in [-0.2, 0) is 22.6 Å². The lowest BCUT2D eigenvalue weighted by Gasteiger charge is -2.36. The fourth-order valence-electron chi connectivity index (χ4n) is 3.88. The molecule has 28 heavy (non-hydrogen) atoms. The van der Waals surface area contributed by atoms with Crippen LogP contribution in [0.25, 0.3) is 0 Å². The zero-order chi connectivity index (χ0) is 19.5. The second-order valence-electron chi connectivity index (χ2n) is 7.03. The van der Waals surface area contributed by atoms with Gasteiger partial charge in [-0.05, 0) is 45.6 Å². The van der Waals surface area contributed by atoms with Crippen LogP contribution in [0, 0.1) is 0 Å². The van der Waals surface area contributed by atoms with Crippen LogP contribution in [0.3, 0.4) is 0 Å². The maximum absolute atomic E-state index is 13.4. The highest BCUT2D eigenvalue weighted by Crippen LogP contribution is 2.29. The SMILES string of the molecule is CNC(=O)[C@@H]1Cc2ccccc2CN1C(=O)C[C@H](c1ccsc1)n1cccc1. The van der Waals surface area contributed by atoms with Gasteiger partial charge in [0, 0.05) is 32.4 Å².